The predicted octanol–water partition coefficient (Wildman–Crippen LogP) is 4.56. The highest BCUT2D eigenvalue weighted by atomic mass is 79.9. The van der Waals surface area contributed by atoms with Gasteiger partial charge in [-0.05, 0) is 62.7 Å². The fraction of sp³-hybridized carbons (Fsp3) is 0.333. The molecule has 0 saturated carbocycles. The van der Waals surface area contributed by atoms with Gasteiger partial charge in [-0.2, -0.15) is 0 Å². The van der Waals surface area contributed by atoms with Crippen molar-refractivity contribution in [3.05, 3.63) is 63.8 Å². The summed E-state index contributed by atoms with van der Waals surface area (Å²) in [6.45, 7) is 4.50. The van der Waals surface area contributed by atoms with E-state index in [-0.39, 0.29) is 29.5 Å². The van der Waals surface area contributed by atoms with Crippen molar-refractivity contribution in [3.8, 4) is 11.5 Å². The number of benzene rings is 2. The number of aromatic hydroxyl groups is 1. The molecule has 0 aliphatic heterocycles. The minimum absolute atomic E-state index is 0.0465. The van der Waals surface area contributed by atoms with Crippen molar-refractivity contribution in [2.45, 2.75) is 38.7 Å². The van der Waals surface area contributed by atoms with Crippen LogP contribution in [0, 0.1) is 5.92 Å². The maximum absolute atomic E-state index is 12.9. The Balaban J connectivity index is 2.23. The van der Waals surface area contributed by atoms with Crippen LogP contribution in [0.15, 0.2) is 58.2 Å². The highest BCUT2D eigenvalue weighted by Crippen LogP contribution is 2.48. The molecule has 31 heavy (non-hydrogen) atoms. The minimum Gasteiger partial charge on any atom is -0.504 e. The quantitative estimate of drug-likeness (QED) is 0.552. The van der Waals surface area contributed by atoms with E-state index < -0.39 is 17.4 Å². The fourth-order valence-corrected chi connectivity index (χ4v) is 4.71. The number of ketones is 2. The lowest BCUT2D eigenvalue weighted by Crippen LogP contribution is -2.48. The van der Waals surface area contributed by atoms with Gasteiger partial charge in [-0.3, -0.25) is 9.59 Å². The molecular formula is C24H26BrNO5. The first-order valence-corrected chi connectivity index (χ1v) is 10.7. The summed E-state index contributed by atoms with van der Waals surface area (Å²) >= 11 is 3.40. The first-order valence-electron chi connectivity index (χ1n) is 9.91. The number of ether oxygens (including phenoxy) is 1. The number of allylic oxidation sites excluding steroid dienone is 1. The monoisotopic (exact) mass is 487 g/mol. The number of hydrogen-bond acceptors (Lipinski definition) is 6. The predicted molar refractivity (Wildman–Crippen MR) is 122 cm³/mol. The molecule has 1 aliphatic rings. The lowest BCUT2D eigenvalue weighted by Gasteiger charge is -2.43. The molecular weight excluding hydrogens is 462 g/mol. The third-order valence-corrected chi connectivity index (χ3v) is 6.22. The number of phenols is 1. The zero-order valence-corrected chi connectivity index (χ0v) is 19.5. The molecule has 2 aromatic rings. The summed E-state index contributed by atoms with van der Waals surface area (Å²) in [7, 11) is 1.43. The van der Waals surface area contributed by atoms with E-state index in [0.29, 0.717) is 16.8 Å². The second-order valence-electron chi connectivity index (χ2n) is 8.11. The van der Waals surface area contributed by atoms with E-state index in [1.54, 1.807) is 19.1 Å². The summed E-state index contributed by atoms with van der Waals surface area (Å²) in [5.41, 5.74) is 0.973. The summed E-state index contributed by atoms with van der Waals surface area (Å²) < 4.78 is 6.15. The molecule has 0 saturated heterocycles. The number of phenolic OH excluding ortho intramolecular Hbond substituents is 1. The number of aliphatic hydroxyl groups is 1. The summed E-state index contributed by atoms with van der Waals surface area (Å²) in [5, 5.41) is 24.6. The van der Waals surface area contributed by atoms with Crippen LogP contribution in [0.4, 0.5) is 5.69 Å². The second kappa shape index (κ2) is 8.85. The molecule has 0 spiro atoms. The largest absolute Gasteiger partial charge is 0.504 e. The van der Waals surface area contributed by atoms with Crippen LogP contribution in [0.2, 0.25) is 0 Å². The molecule has 0 aromatic heterocycles. The van der Waals surface area contributed by atoms with Gasteiger partial charge in [0.25, 0.3) is 0 Å². The average molecular weight is 488 g/mol. The Morgan fingerprint density at radius 1 is 1.16 bits per heavy atom. The summed E-state index contributed by atoms with van der Waals surface area (Å²) in [6.07, 6.45) is 0.119. The van der Waals surface area contributed by atoms with E-state index in [9.17, 15) is 19.8 Å². The van der Waals surface area contributed by atoms with E-state index in [4.69, 9.17) is 4.74 Å². The SMILES string of the molecule is COc1cc([C@@H]2C(C(C)=O)=C(Nc3ccc(Br)cc3)C[C@](C)(O)[C@@H]2C(C)=O)ccc1O. The minimum atomic E-state index is -1.39. The van der Waals surface area contributed by atoms with Gasteiger partial charge in [0.05, 0.1) is 18.6 Å². The van der Waals surface area contributed by atoms with Crippen molar-refractivity contribution in [1.29, 1.82) is 0 Å². The molecule has 0 unspecified atom stereocenters. The van der Waals surface area contributed by atoms with Crippen LogP contribution in [0.25, 0.3) is 0 Å². The first-order chi connectivity index (χ1) is 14.5. The van der Waals surface area contributed by atoms with Crippen LogP contribution >= 0.6 is 15.9 Å². The topological polar surface area (TPSA) is 95.9 Å². The van der Waals surface area contributed by atoms with Crippen LogP contribution in [0.3, 0.4) is 0 Å². The maximum atomic E-state index is 12.9. The van der Waals surface area contributed by atoms with Crippen LogP contribution in [0.5, 0.6) is 11.5 Å². The molecule has 0 heterocycles. The van der Waals surface area contributed by atoms with Gasteiger partial charge in [-0.25, -0.2) is 0 Å². The Kier molecular flexibility index (Phi) is 6.57. The standard InChI is InChI=1S/C24H26BrNO5/c1-13(27)21-18(26-17-8-6-16(25)7-9-17)12-24(3,30)23(14(2)28)22(21)15-5-10-19(29)20(11-15)31-4/h5-11,22-23,26,29-30H,12H2,1-4H3/t22-,23-,24+/m1/s1. The van der Waals surface area contributed by atoms with Crippen molar-refractivity contribution < 1.29 is 24.5 Å². The number of carbonyl (C=O) groups is 2. The summed E-state index contributed by atoms with van der Waals surface area (Å²) in [5.74, 6) is -1.77. The van der Waals surface area contributed by atoms with Gasteiger partial charge >= 0.3 is 0 Å². The maximum Gasteiger partial charge on any atom is 0.160 e. The number of Topliss-reactive ketones (excluding diaryl/α,β-unsaturated/α-hetero) is 2. The molecule has 3 rings (SSSR count). The van der Waals surface area contributed by atoms with Gasteiger partial charge in [0.1, 0.15) is 5.78 Å². The van der Waals surface area contributed by atoms with E-state index in [2.05, 4.69) is 21.2 Å². The number of anilines is 1. The molecule has 7 heteroatoms. The average Bonchev–Trinajstić information content (AvgIpc) is 2.68. The van der Waals surface area contributed by atoms with Gasteiger partial charge in [0, 0.05) is 33.8 Å². The van der Waals surface area contributed by atoms with Gasteiger partial charge in [-0.1, -0.05) is 22.0 Å². The molecule has 0 radical (unpaired) electrons. The summed E-state index contributed by atoms with van der Waals surface area (Å²) in [6, 6.07) is 12.2. The second-order valence-corrected chi connectivity index (χ2v) is 9.03. The third kappa shape index (κ3) is 4.67. The van der Waals surface area contributed by atoms with Crippen LogP contribution in [0.1, 0.15) is 38.7 Å². The zero-order chi connectivity index (χ0) is 22.9. The Morgan fingerprint density at radius 3 is 2.35 bits per heavy atom. The first kappa shape index (κ1) is 23.0. The normalized spacial score (nSPS) is 23.4. The molecule has 164 valence electrons. The smallest absolute Gasteiger partial charge is 0.160 e. The Bertz CT molecular complexity index is 1040. The van der Waals surface area contributed by atoms with Crippen LogP contribution in [-0.4, -0.2) is 34.5 Å². The molecule has 2 aromatic carbocycles. The van der Waals surface area contributed by atoms with Gasteiger partial charge < -0.3 is 20.3 Å². The number of nitrogens with one attached hydrogen (secondary N) is 1. The van der Waals surface area contributed by atoms with Gasteiger partial charge in [0.2, 0.25) is 0 Å². The van der Waals surface area contributed by atoms with Crippen molar-refractivity contribution in [2.24, 2.45) is 5.92 Å². The highest BCUT2D eigenvalue weighted by molar-refractivity contribution is 9.10. The highest BCUT2D eigenvalue weighted by Gasteiger charge is 2.49. The summed E-state index contributed by atoms with van der Waals surface area (Å²) in [4.78, 5) is 25.5. The Labute approximate surface area is 190 Å². The van der Waals surface area contributed by atoms with E-state index in [0.717, 1.165) is 10.2 Å². The number of rotatable bonds is 6. The lowest BCUT2D eigenvalue weighted by molar-refractivity contribution is -0.131. The zero-order valence-electron chi connectivity index (χ0n) is 17.9. The van der Waals surface area contributed by atoms with Crippen LogP contribution < -0.4 is 10.1 Å². The molecule has 0 fully saturated rings. The van der Waals surface area contributed by atoms with Gasteiger partial charge in [-0.15, -0.1) is 0 Å². The molecule has 1 aliphatic carbocycles. The van der Waals surface area contributed by atoms with Crippen molar-refractivity contribution in [3.63, 3.8) is 0 Å². The molecule has 0 amide bonds. The number of hydrogen-bond donors (Lipinski definition) is 3. The lowest BCUT2D eigenvalue weighted by atomic mass is 9.64. The molecule has 0 bridgehead atoms. The van der Waals surface area contributed by atoms with Crippen molar-refractivity contribution >= 4 is 33.2 Å². The van der Waals surface area contributed by atoms with Crippen molar-refractivity contribution in [2.75, 3.05) is 12.4 Å². The number of halogens is 1. The van der Waals surface area contributed by atoms with Crippen molar-refractivity contribution in [1.82, 2.24) is 0 Å². The van der Waals surface area contributed by atoms with E-state index >= 15 is 0 Å². The van der Waals surface area contributed by atoms with Gasteiger partial charge in [0.15, 0.2) is 17.3 Å². The third-order valence-electron chi connectivity index (χ3n) is 5.69. The Hall–Kier alpha value is -2.64. The molecule has 6 nitrogen and oxygen atoms in total. The Morgan fingerprint density at radius 2 is 1.81 bits per heavy atom. The molecule has 3 atom stereocenters. The number of carbonyl (C=O) groups excluding carboxylic acids is 2. The van der Waals surface area contributed by atoms with E-state index in [1.807, 2.05) is 24.3 Å². The van der Waals surface area contributed by atoms with Crippen LogP contribution in [-0.2, 0) is 9.59 Å². The number of methoxy groups -OCH3 is 1. The van der Waals surface area contributed by atoms with E-state index in [1.165, 1.54) is 27.0 Å². The fourth-order valence-electron chi connectivity index (χ4n) is 4.45. The molecule has 3 N–H and O–H groups in total.